The molecule has 1 saturated heterocycles. The Labute approximate surface area is 242 Å². The van der Waals surface area contributed by atoms with Crippen LogP contribution in [0.2, 0.25) is 5.02 Å². The first kappa shape index (κ1) is 27.7. The Hall–Kier alpha value is -3.44. The van der Waals surface area contributed by atoms with Crippen LogP contribution in [0.15, 0.2) is 30.6 Å². The van der Waals surface area contributed by atoms with Gasteiger partial charge in [0, 0.05) is 38.3 Å². The lowest BCUT2D eigenvalue weighted by Crippen LogP contribution is -2.45. The highest BCUT2D eigenvalue weighted by atomic mass is 35.5. The summed E-state index contributed by atoms with van der Waals surface area (Å²) in [6.45, 7) is 0.632. The summed E-state index contributed by atoms with van der Waals surface area (Å²) in [5.41, 5.74) is 1.24. The summed E-state index contributed by atoms with van der Waals surface area (Å²) in [4.78, 5) is 31.5. The predicted octanol–water partition coefficient (Wildman–Crippen LogP) is 4.43. The number of benzene rings is 1. The molecule has 41 heavy (non-hydrogen) atoms. The Bertz CT molecular complexity index is 1490. The van der Waals surface area contributed by atoms with Gasteiger partial charge in [0.2, 0.25) is 0 Å². The number of anilines is 2. The Morgan fingerprint density at radius 2 is 1.88 bits per heavy atom. The number of hydrogen-bond donors (Lipinski definition) is 3. The van der Waals surface area contributed by atoms with Crippen molar-refractivity contribution in [2.24, 2.45) is 25.9 Å². The van der Waals surface area contributed by atoms with E-state index < -0.39 is 23.4 Å². The average Bonchev–Trinajstić information content (AvgIpc) is 3.68. The zero-order chi connectivity index (χ0) is 29.1. The van der Waals surface area contributed by atoms with E-state index in [1.807, 2.05) is 11.0 Å². The molecule has 2 saturated carbocycles. The number of aromatic nitrogens is 4. The fourth-order valence-electron chi connectivity index (χ4n) is 7.37. The van der Waals surface area contributed by atoms with Crippen molar-refractivity contribution < 1.29 is 24.2 Å². The first-order valence-corrected chi connectivity index (χ1v) is 14.5. The maximum absolute atomic E-state index is 13.6. The predicted molar refractivity (Wildman–Crippen MR) is 150 cm³/mol. The molecular weight excluding hydrogens is 551 g/mol. The molecule has 6 rings (SSSR count). The number of nitrogens with one attached hydrogen (secondary N) is 1. The number of carbonyl (C=O) groups is 2. The molecule has 1 aromatic carbocycles. The van der Waals surface area contributed by atoms with E-state index in [0.717, 1.165) is 31.4 Å². The molecule has 2 aliphatic carbocycles. The summed E-state index contributed by atoms with van der Waals surface area (Å²) >= 11 is 5.88. The summed E-state index contributed by atoms with van der Waals surface area (Å²) in [6, 6.07) is 5.32. The van der Waals surface area contributed by atoms with Crippen LogP contribution < -0.4 is 10.2 Å². The number of carboxylic acids is 1. The van der Waals surface area contributed by atoms with Crippen LogP contribution in [-0.2, 0) is 24.5 Å². The Balaban J connectivity index is 1.17. The Morgan fingerprint density at radius 3 is 2.56 bits per heavy atom. The van der Waals surface area contributed by atoms with Crippen molar-refractivity contribution in [3.8, 4) is 0 Å². The molecule has 1 aliphatic heterocycles. The van der Waals surface area contributed by atoms with Gasteiger partial charge in [0.05, 0.1) is 22.7 Å². The lowest BCUT2D eigenvalue weighted by molar-refractivity contribution is -0.139. The number of hydrogen-bond acceptors (Lipinski definition) is 6. The molecule has 3 unspecified atom stereocenters. The number of piperidine rings is 1. The molecule has 3 N–H and O–H groups in total. The van der Waals surface area contributed by atoms with Crippen molar-refractivity contribution in [3.05, 3.63) is 58.5 Å². The normalized spacial score (nSPS) is 27.7. The third kappa shape index (κ3) is 4.99. The number of amides is 1. The van der Waals surface area contributed by atoms with E-state index in [0.29, 0.717) is 48.7 Å². The zero-order valence-electron chi connectivity index (χ0n) is 23.1. The Kier molecular flexibility index (Phi) is 7.05. The minimum absolute atomic E-state index is 0.0673. The molecule has 1 amide bonds. The number of carbonyl (C=O) groups excluding carboxylic acids is 1. The summed E-state index contributed by atoms with van der Waals surface area (Å²) in [7, 11) is 3.58. The minimum Gasteiger partial charge on any atom is -0.480 e. The second-order valence-electron chi connectivity index (χ2n) is 11.9. The summed E-state index contributed by atoms with van der Waals surface area (Å²) < 4.78 is 17.0. The van der Waals surface area contributed by atoms with E-state index in [1.54, 1.807) is 29.7 Å². The highest BCUT2D eigenvalue weighted by Gasteiger charge is 2.52. The number of fused-ring (bicyclic) bond motifs is 1. The lowest BCUT2D eigenvalue weighted by Gasteiger charge is -2.32. The van der Waals surface area contributed by atoms with Gasteiger partial charge in [-0.25, -0.2) is 14.2 Å². The molecular formula is C29H34ClFN6O4. The van der Waals surface area contributed by atoms with Crippen molar-refractivity contribution in [1.82, 2.24) is 19.3 Å². The quantitative estimate of drug-likeness (QED) is 0.391. The second kappa shape index (κ2) is 10.4. The molecule has 0 radical (unpaired) electrons. The van der Waals surface area contributed by atoms with Crippen LogP contribution >= 0.6 is 11.6 Å². The van der Waals surface area contributed by atoms with Gasteiger partial charge in [-0.2, -0.15) is 5.10 Å². The second-order valence-corrected chi connectivity index (χ2v) is 12.3. The molecule has 3 aliphatic rings. The summed E-state index contributed by atoms with van der Waals surface area (Å²) in [5, 5.41) is 28.9. The molecule has 3 heterocycles. The fourth-order valence-corrected chi connectivity index (χ4v) is 7.55. The topological polar surface area (TPSA) is 126 Å². The monoisotopic (exact) mass is 584 g/mol. The third-order valence-corrected chi connectivity index (χ3v) is 9.50. The summed E-state index contributed by atoms with van der Waals surface area (Å²) in [6.07, 6.45) is 6.74. The molecule has 3 atom stereocenters. The number of aliphatic hydroxyl groups is 1. The number of rotatable bonds is 6. The van der Waals surface area contributed by atoms with Crippen LogP contribution in [0.4, 0.5) is 15.9 Å². The number of nitrogens with zero attached hydrogens (tertiary/aromatic N) is 5. The van der Waals surface area contributed by atoms with Gasteiger partial charge in [-0.1, -0.05) is 11.6 Å². The van der Waals surface area contributed by atoms with Crippen LogP contribution in [0.25, 0.3) is 0 Å². The van der Waals surface area contributed by atoms with Crippen molar-refractivity contribution in [2.45, 2.75) is 62.5 Å². The Morgan fingerprint density at radius 1 is 1.15 bits per heavy atom. The van der Waals surface area contributed by atoms with E-state index in [-0.39, 0.29) is 28.7 Å². The zero-order valence-corrected chi connectivity index (χ0v) is 23.8. The molecule has 2 aromatic heterocycles. The molecule has 0 spiro atoms. The number of aryl methyl sites for hydroxylation is 2. The fraction of sp³-hybridized carbons (Fsp3) is 0.517. The van der Waals surface area contributed by atoms with E-state index in [4.69, 9.17) is 11.6 Å². The number of aliphatic carboxylic acids is 1. The molecule has 3 fully saturated rings. The lowest BCUT2D eigenvalue weighted by atomic mass is 9.90. The van der Waals surface area contributed by atoms with E-state index >= 15 is 0 Å². The maximum Gasteiger partial charge on any atom is 0.326 e. The van der Waals surface area contributed by atoms with Gasteiger partial charge < -0.3 is 25.0 Å². The first-order valence-electron chi connectivity index (χ1n) is 14.1. The van der Waals surface area contributed by atoms with Gasteiger partial charge in [0.25, 0.3) is 5.91 Å². The van der Waals surface area contributed by atoms with Crippen molar-refractivity contribution >= 4 is 35.0 Å². The number of carboxylic acid groups (broad SMARTS) is 1. The molecule has 0 bridgehead atoms. The van der Waals surface area contributed by atoms with Crippen LogP contribution in [-0.4, -0.2) is 54.0 Å². The largest absolute Gasteiger partial charge is 0.480 e. The highest BCUT2D eigenvalue weighted by molar-refractivity contribution is 6.31. The molecule has 218 valence electrons. The van der Waals surface area contributed by atoms with E-state index in [2.05, 4.69) is 15.4 Å². The van der Waals surface area contributed by atoms with Crippen LogP contribution in [0.5, 0.6) is 0 Å². The minimum atomic E-state index is -1.05. The van der Waals surface area contributed by atoms with Gasteiger partial charge in [-0.15, -0.1) is 0 Å². The smallest absolute Gasteiger partial charge is 0.326 e. The number of halogens is 2. The molecule has 3 aromatic rings. The first-order chi connectivity index (χ1) is 19.5. The van der Waals surface area contributed by atoms with Crippen molar-refractivity contribution in [3.63, 3.8) is 0 Å². The van der Waals surface area contributed by atoms with Gasteiger partial charge in [-0.05, 0) is 75.0 Å². The van der Waals surface area contributed by atoms with Gasteiger partial charge in [0.15, 0.2) is 5.82 Å². The maximum atomic E-state index is 13.6. The van der Waals surface area contributed by atoms with Gasteiger partial charge >= 0.3 is 5.97 Å². The van der Waals surface area contributed by atoms with Crippen LogP contribution in [0.1, 0.15) is 72.7 Å². The summed E-state index contributed by atoms with van der Waals surface area (Å²) in [5.74, 6) is -0.568. The number of imidazole rings is 1. The van der Waals surface area contributed by atoms with Crippen LogP contribution in [0, 0.1) is 17.7 Å². The molecule has 10 nitrogen and oxygen atoms in total. The standard InChI is InChI=1S/C29H34ClFN6O4/c1-35-15-32-25(26(35)27(38)33-19-6-7-21(31)20(30)11-19)16-9-17-13-29(41,14-18(17)10-16)23-12-24(34-36(23)2)37-8-4-3-5-22(37)28(39)40/h6-7,11-12,15-18,22,41H,3-5,8-10,13-14H2,1-2H3,(H,33,38)(H,39,40). The highest BCUT2D eigenvalue weighted by Crippen LogP contribution is 2.57. The van der Waals surface area contributed by atoms with Crippen LogP contribution in [0.3, 0.4) is 0 Å². The van der Waals surface area contributed by atoms with Crippen molar-refractivity contribution in [1.29, 1.82) is 0 Å². The van der Waals surface area contributed by atoms with Gasteiger partial charge in [0.1, 0.15) is 23.2 Å². The van der Waals surface area contributed by atoms with Gasteiger partial charge in [-0.3, -0.25) is 9.48 Å². The molecule has 12 heteroatoms. The third-order valence-electron chi connectivity index (χ3n) is 9.21. The average molecular weight is 585 g/mol. The van der Waals surface area contributed by atoms with E-state index in [1.165, 1.54) is 18.2 Å². The van der Waals surface area contributed by atoms with E-state index in [9.17, 15) is 24.2 Å². The SMILES string of the molecule is Cn1cnc(C2CC3CC(O)(c4cc(N5CCCCC5C(=O)O)nn4C)CC3C2)c1C(=O)Nc1ccc(F)c(Cl)c1. The van der Waals surface area contributed by atoms with Crippen molar-refractivity contribution in [2.75, 3.05) is 16.8 Å².